The fraction of sp³-hybridized carbons (Fsp3) is 0.143. The van der Waals surface area contributed by atoms with E-state index in [0.29, 0.717) is 11.3 Å². The van der Waals surface area contributed by atoms with Crippen molar-refractivity contribution in [1.82, 2.24) is 9.97 Å². The smallest absolute Gasteiger partial charge is 0.230 e. The molecule has 1 aliphatic rings. The van der Waals surface area contributed by atoms with Gasteiger partial charge in [0.25, 0.3) is 0 Å². The highest BCUT2D eigenvalue weighted by Crippen LogP contribution is 2.34. The molecule has 0 radical (unpaired) electrons. The fourth-order valence-corrected chi connectivity index (χ4v) is 3.77. The van der Waals surface area contributed by atoms with E-state index in [1.165, 1.54) is 24.4 Å². The molecule has 0 bridgehead atoms. The topological polar surface area (TPSA) is 81.2 Å². The lowest BCUT2D eigenvalue weighted by molar-refractivity contribution is 0.426. The van der Waals surface area contributed by atoms with Crippen molar-refractivity contribution in [2.75, 3.05) is 11.6 Å². The normalized spacial score (nSPS) is 13.0. The second-order valence-electron chi connectivity index (χ2n) is 6.86. The molecule has 1 N–H and O–H groups in total. The van der Waals surface area contributed by atoms with Crippen molar-refractivity contribution >= 4 is 27.5 Å². The Bertz CT molecular complexity index is 1240. The van der Waals surface area contributed by atoms with Crippen LogP contribution < -0.4 is 10.1 Å². The van der Waals surface area contributed by atoms with Crippen LogP contribution in [0.15, 0.2) is 59.1 Å². The van der Waals surface area contributed by atoms with Crippen molar-refractivity contribution in [3.05, 3.63) is 71.2 Å². The first-order chi connectivity index (χ1) is 13.8. The van der Waals surface area contributed by atoms with E-state index >= 15 is 0 Å². The number of sulfone groups is 1. The van der Waals surface area contributed by atoms with Crippen LogP contribution in [0.3, 0.4) is 0 Å². The molecule has 0 saturated carbocycles. The third-order valence-corrected chi connectivity index (χ3v) is 5.57. The van der Waals surface area contributed by atoms with E-state index < -0.39 is 15.7 Å². The van der Waals surface area contributed by atoms with Gasteiger partial charge in [0.2, 0.25) is 11.8 Å². The highest BCUT2D eigenvalue weighted by molar-refractivity contribution is 7.90. The van der Waals surface area contributed by atoms with Gasteiger partial charge in [0, 0.05) is 29.8 Å². The molecular weight excluding hydrogens is 393 g/mol. The number of halogens is 1. The van der Waals surface area contributed by atoms with Crippen LogP contribution in [0.1, 0.15) is 18.1 Å². The predicted molar refractivity (Wildman–Crippen MR) is 109 cm³/mol. The zero-order valence-electron chi connectivity index (χ0n) is 15.8. The maximum atomic E-state index is 14.8. The van der Waals surface area contributed by atoms with Gasteiger partial charge in [0.15, 0.2) is 21.4 Å². The fourth-order valence-electron chi connectivity index (χ4n) is 3.11. The number of ether oxygens (including phenoxy) is 1. The van der Waals surface area contributed by atoms with Crippen molar-refractivity contribution < 1.29 is 17.5 Å². The van der Waals surface area contributed by atoms with Crippen molar-refractivity contribution in [2.24, 2.45) is 0 Å². The first-order valence-electron chi connectivity index (χ1n) is 8.86. The van der Waals surface area contributed by atoms with Crippen molar-refractivity contribution in [1.29, 1.82) is 0 Å². The monoisotopic (exact) mass is 411 g/mol. The quantitative estimate of drug-likeness (QED) is 0.665. The molecule has 0 fully saturated rings. The van der Waals surface area contributed by atoms with Gasteiger partial charge in [0.05, 0.1) is 4.90 Å². The maximum absolute atomic E-state index is 14.8. The van der Waals surface area contributed by atoms with Crippen LogP contribution in [0, 0.1) is 5.82 Å². The van der Waals surface area contributed by atoms with Gasteiger partial charge in [0.1, 0.15) is 0 Å². The SMILES string of the molecule is CC1=Cc2c(ccc(Oc3ccnc(Nc4cccc(S(C)(=O)=O)c4)n3)c2F)C1. The number of benzene rings is 2. The minimum Gasteiger partial charge on any atom is -0.436 e. The molecule has 8 heteroatoms. The zero-order valence-corrected chi connectivity index (χ0v) is 16.6. The van der Waals surface area contributed by atoms with Gasteiger partial charge in [-0.2, -0.15) is 4.98 Å². The van der Waals surface area contributed by atoms with E-state index in [9.17, 15) is 12.8 Å². The summed E-state index contributed by atoms with van der Waals surface area (Å²) in [5, 5.41) is 2.93. The highest BCUT2D eigenvalue weighted by Gasteiger charge is 2.18. The van der Waals surface area contributed by atoms with Gasteiger partial charge < -0.3 is 10.1 Å². The van der Waals surface area contributed by atoms with Crippen LogP contribution in [0.25, 0.3) is 6.08 Å². The third kappa shape index (κ3) is 4.12. The average Bonchev–Trinajstić information content (AvgIpc) is 3.05. The number of hydrogen-bond donors (Lipinski definition) is 1. The lowest BCUT2D eigenvalue weighted by Crippen LogP contribution is -2.01. The molecule has 0 amide bonds. The Labute approximate surface area is 168 Å². The molecule has 1 heterocycles. The number of aromatic nitrogens is 2. The minimum absolute atomic E-state index is 0.0819. The number of allylic oxidation sites excluding steroid dienone is 1. The van der Waals surface area contributed by atoms with E-state index in [1.54, 1.807) is 18.2 Å². The molecule has 2 aromatic carbocycles. The lowest BCUT2D eigenvalue weighted by atomic mass is 10.1. The Kier molecular flexibility index (Phi) is 4.79. The number of nitrogens with zero attached hydrogens (tertiary/aromatic N) is 2. The number of fused-ring (bicyclic) bond motifs is 1. The molecule has 1 aliphatic carbocycles. The Morgan fingerprint density at radius 1 is 1.17 bits per heavy atom. The molecule has 4 rings (SSSR count). The Morgan fingerprint density at radius 2 is 2.00 bits per heavy atom. The largest absolute Gasteiger partial charge is 0.436 e. The lowest BCUT2D eigenvalue weighted by Gasteiger charge is -2.10. The number of anilines is 2. The number of hydrogen-bond acceptors (Lipinski definition) is 6. The molecule has 0 atom stereocenters. The molecule has 0 unspecified atom stereocenters. The van der Waals surface area contributed by atoms with Crippen LogP contribution in [-0.4, -0.2) is 24.6 Å². The van der Waals surface area contributed by atoms with Crippen LogP contribution in [0.5, 0.6) is 11.6 Å². The Morgan fingerprint density at radius 3 is 2.79 bits per heavy atom. The molecule has 6 nitrogen and oxygen atoms in total. The molecular formula is C21H18FN3O3S. The molecule has 0 aliphatic heterocycles. The summed E-state index contributed by atoms with van der Waals surface area (Å²) in [7, 11) is -3.33. The number of nitrogens with one attached hydrogen (secondary N) is 1. The summed E-state index contributed by atoms with van der Waals surface area (Å²) in [5.74, 6) is 0.0246. The van der Waals surface area contributed by atoms with Gasteiger partial charge in [-0.3, -0.25) is 0 Å². The van der Waals surface area contributed by atoms with Gasteiger partial charge in [-0.05, 0) is 43.2 Å². The summed E-state index contributed by atoms with van der Waals surface area (Å²) in [5.41, 5.74) is 3.09. The van der Waals surface area contributed by atoms with Gasteiger partial charge in [-0.25, -0.2) is 17.8 Å². The first kappa shape index (κ1) is 19.1. The number of rotatable bonds is 5. The van der Waals surface area contributed by atoms with E-state index in [2.05, 4.69) is 15.3 Å². The molecule has 0 saturated heterocycles. The average molecular weight is 411 g/mol. The van der Waals surface area contributed by atoms with E-state index in [1.807, 2.05) is 19.1 Å². The first-order valence-corrected chi connectivity index (χ1v) is 10.8. The molecule has 1 aromatic heterocycles. The summed E-state index contributed by atoms with van der Waals surface area (Å²) < 4.78 is 43.8. The van der Waals surface area contributed by atoms with Crippen LogP contribution >= 0.6 is 0 Å². The van der Waals surface area contributed by atoms with Crippen molar-refractivity contribution in [2.45, 2.75) is 18.2 Å². The second-order valence-corrected chi connectivity index (χ2v) is 8.88. The maximum Gasteiger partial charge on any atom is 0.230 e. The summed E-state index contributed by atoms with van der Waals surface area (Å²) >= 11 is 0. The van der Waals surface area contributed by atoms with Crippen LogP contribution in [0.4, 0.5) is 16.0 Å². The van der Waals surface area contributed by atoms with Crippen LogP contribution in [-0.2, 0) is 16.3 Å². The summed E-state index contributed by atoms with van der Waals surface area (Å²) in [6.07, 6.45) is 5.17. The highest BCUT2D eigenvalue weighted by atomic mass is 32.2. The van der Waals surface area contributed by atoms with E-state index in [4.69, 9.17) is 4.74 Å². The Balaban J connectivity index is 1.57. The van der Waals surface area contributed by atoms with Crippen molar-refractivity contribution in [3.8, 4) is 11.6 Å². The predicted octanol–water partition coefficient (Wildman–Crippen LogP) is 4.51. The molecule has 148 valence electrons. The zero-order chi connectivity index (χ0) is 20.6. The van der Waals surface area contributed by atoms with Gasteiger partial charge >= 0.3 is 0 Å². The summed E-state index contributed by atoms with van der Waals surface area (Å²) in [4.78, 5) is 8.51. The second kappa shape index (κ2) is 7.29. The standard InChI is InChI=1S/C21H18FN3O3S/c1-13-10-14-6-7-18(20(22)17(14)11-13)28-19-8-9-23-21(25-19)24-15-4-3-5-16(12-15)29(2,26)27/h3-9,11-12H,10H2,1-2H3,(H,23,24,25). The third-order valence-electron chi connectivity index (χ3n) is 4.46. The summed E-state index contributed by atoms with van der Waals surface area (Å²) in [6, 6.07) is 11.3. The van der Waals surface area contributed by atoms with Crippen LogP contribution in [0.2, 0.25) is 0 Å². The van der Waals surface area contributed by atoms with E-state index in [0.717, 1.165) is 23.8 Å². The van der Waals surface area contributed by atoms with Gasteiger partial charge in [-0.1, -0.05) is 23.8 Å². The minimum atomic E-state index is -3.33. The van der Waals surface area contributed by atoms with Gasteiger partial charge in [-0.15, -0.1) is 0 Å². The Hall–Kier alpha value is -3.26. The molecule has 29 heavy (non-hydrogen) atoms. The van der Waals surface area contributed by atoms with E-state index in [-0.39, 0.29) is 22.5 Å². The molecule has 3 aromatic rings. The molecule has 0 spiro atoms. The van der Waals surface area contributed by atoms with Crippen molar-refractivity contribution in [3.63, 3.8) is 0 Å². The summed E-state index contributed by atoms with van der Waals surface area (Å²) in [6.45, 7) is 1.96.